The van der Waals surface area contributed by atoms with Gasteiger partial charge in [0.2, 0.25) is 0 Å². The smallest absolute Gasteiger partial charge is 0.337 e. The number of anilines is 1. The summed E-state index contributed by atoms with van der Waals surface area (Å²) in [7, 11) is 1.31. The number of methoxy groups -OCH3 is 1. The Bertz CT molecular complexity index is 1450. The van der Waals surface area contributed by atoms with E-state index in [-0.39, 0.29) is 37.8 Å². The maximum Gasteiger partial charge on any atom is 0.337 e. The lowest BCUT2D eigenvalue weighted by molar-refractivity contribution is -0.142. The number of hydrogen-bond donors (Lipinski definition) is 2. The first-order chi connectivity index (χ1) is 20.3. The van der Waals surface area contributed by atoms with Gasteiger partial charge < -0.3 is 25.0 Å². The van der Waals surface area contributed by atoms with Gasteiger partial charge in [0.1, 0.15) is 0 Å². The Kier molecular flexibility index (Phi) is 10.9. The molecule has 0 fully saturated rings. The van der Waals surface area contributed by atoms with Crippen LogP contribution in [0.5, 0.6) is 0 Å². The minimum absolute atomic E-state index is 0.00190. The molecule has 218 valence electrons. The van der Waals surface area contributed by atoms with Crippen LogP contribution in [-0.2, 0) is 27.4 Å². The van der Waals surface area contributed by atoms with E-state index in [1.807, 2.05) is 36.4 Å². The van der Waals surface area contributed by atoms with Gasteiger partial charge >= 0.3 is 11.9 Å². The lowest BCUT2D eigenvalue weighted by atomic mass is 10.1. The lowest BCUT2D eigenvalue weighted by Crippen LogP contribution is -2.28. The summed E-state index contributed by atoms with van der Waals surface area (Å²) in [4.78, 5) is 50.9. The average molecular weight is 590 g/mol. The normalized spacial score (nSPS) is 12.2. The molecule has 0 radical (unpaired) electrons. The molecule has 0 saturated carbocycles. The fraction of sp³-hybridized carbons (Fsp3) is 0.250. The number of nitrogens with one attached hydrogen (secondary N) is 2. The van der Waals surface area contributed by atoms with Gasteiger partial charge in [-0.15, -0.1) is 0 Å². The van der Waals surface area contributed by atoms with Crippen molar-refractivity contribution in [3.8, 4) is 0 Å². The number of benzene rings is 3. The van der Waals surface area contributed by atoms with Crippen LogP contribution in [0.4, 0.5) is 5.69 Å². The summed E-state index contributed by atoms with van der Waals surface area (Å²) in [5.74, 6) is -1.12. The van der Waals surface area contributed by atoms with E-state index in [1.165, 1.54) is 7.11 Å². The van der Waals surface area contributed by atoms with Gasteiger partial charge in [-0.25, -0.2) is 4.79 Å². The quantitative estimate of drug-likeness (QED) is 0.168. The third-order valence-corrected chi connectivity index (χ3v) is 6.91. The van der Waals surface area contributed by atoms with E-state index in [4.69, 9.17) is 21.1 Å². The van der Waals surface area contributed by atoms with Crippen molar-refractivity contribution in [1.29, 1.82) is 0 Å². The molecule has 1 aliphatic heterocycles. The molecule has 42 heavy (non-hydrogen) atoms. The minimum atomic E-state index is -0.503. The van der Waals surface area contributed by atoms with Crippen LogP contribution in [0.2, 0.25) is 5.02 Å². The van der Waals surface area contributed by atoms with Gasteiger partial charge in [-0.1, -0.05) is 35.9 Å². The zero-order valence-corrected chi connectivity index (χ0v) is 24.0. The van der Waals surface area contributed by atoms with E-state index in [2.05, 4.69) is 10.6 Å². The molecular weight excluding hydrogens is 558 g/mol. The first-order valence-electron chi connectivity index (χ1n) is 13.5. The zero-order valence-electron chi connectivity index (χ0n) is 23.2. The predicted molar refractivity (Wildman–Crippen MR) is 160 cm³/mol. The first kappa shape index (κ1) is 30.5. The van der Waals surface area contributed by atoms with Gasteiger partial charge in [-0.2, -0.15) is 0 Å². The van der Waals surface area contributed by atoms with Crippen LogP contribution < -0.4 is 10.6 Å². The van der Waals surface area contributed by atoms with Crippen LogP contribution >= 0.6 is 11.6 Å². The second-order valence-electron chi connectivity index (χ2n) is 9.60. The van der Waals surface area contributed by atoms with Gasteiger partial charge in [-0.05, 0) is 65.7 Å². The summed E-state index contributed by atoms with van der Waals surface area (Å²) in [6.07, 6.45) is 4.01. The van der Waals surface area contributed by atoms with Gasteiger partial charge in [0.05, 0.1) is 25.8 Å². The highest BCUT2D eigenvalue weighted by atomic mass is 35.5. The van der Waals surface area contributed by atoms with Gasteiger partial charge in [-0.3, -0.25) is 14.4 Å². The standard InChI is InChI=1S/C32H32ClN3O6/c1-41-32(40)25-10-13-28(35-19-22-4-6-24(7-5-22)31(39)36-15-2-3-16-36)26(18-25)20-34-21-30(38)42-17-14-29(37)23-8-11-27(33)12-9-23/h2-13,18,34-35H,14-17,19-21H2,1H3. The lowest BCUT2D eigenvalue weighted by Gasteiger charge is -2.16. The highest BCUT2D eigenvalue weighted by Crippen LogP contribution is 2.20. The first-order valence-corrected chi connectivity index (χ1v) is 13.9. The number of carbonyl (C=O) groups excluding carboxylic acids is 4. The largest absolute Gasteiger partial charge is 0.465 e. The molecule has 2 N–H and O–H groups in total. The van der Waals surface area contributed by atoms with E-state index in [0.29, 0.717) is 41.3 Å². The van der Waals surface area contributed by atoms with E-state index in [0.717, 1.165) is 16.8 Å². The molecule has 1 heterocycles. The van der Waals surface area contributed by atoms with E-state index >= 15 is 0 Å². The third kappa shape index (κ3) is 8.52. The number of hydrogen-bond acceptors (Lipinski definition) is 8. The summed E-state index contributed by atoms with van der Waals surface area (Å²) >= 11 is 5.85. The summed E-state index contributed by atoms with van der Waals surface area (Å²) < 4.78 is 10.1. The number of Topliss-reactive ketones (excluding diaryl/α,β-unsaturated/α-hetero) is 1. The van der Waals surface area contributed by atoms with Crippen LogP contribution in [0.3, 0.4) is 0 Å². The molecule has 3 aromatic carbocycles. The molecular formula is C32H32ClN3O6. The van der Waals surface area contributed by atoms with Crippen molar-refractivity contribution < 1.29 is 28.7 Å². The monoisotopic (exact) mass is 589 g/mol. The maximum absolute atomic E-state index is 12.6. The Hall–Kier alpha value is -4.47. The summed E-state index contributed by atoms with van der Waals surface area (Å²) in [6.45, 7) is 1.88. The van der Waals surface area contributed by atoms with E-state index in [1.54, 1.807) is 47.4 Å². The Morgan fingerprint density at radius 1 is 0.857 bits per heavy atom. The topological polar surface area (TPSA) is 114 Å². The predicted octanol–water partition coefficient (Wildman–Crippen LogP) is 4.66. The summed E-state index contributed by atoms with van der Waals surface area (Å²) in [5, 5.41) is 6.93. The molecule has 10 heteroatoms. The fourth-order valence-corrected chi connectivity index (χ4v) is 4.46. The van der Waals surface area contributed by atoms with Crippen LogP contribution in [-0.4, -0.2) is 61.9 Å². The second kappa shape index (κ2) is 15.0. The van der Waals surface area contributed by atoms with Crippen LogP contribution in [0.15, 0.2) is 78.9 Å². The van der Waals surface area contributed by atoms with Crippen molar-refractivity contribution in [2.24, 2.45) is 0 Å². The maximum atomic E-state index is 12.6. The van der Waals surface area contributed by atoms with Crippen LogP contribution in [0.25, 0.3) is 0 Å². The molecule has 0 atom stereocenters. The molecule has 0 spiro atoms. The van der Waals surface area contributed by atoms with Crippen molar-refractivity contribution in [2.75, 3.05) is 38.7 Å². The van der Waals surface area contributed by atoms with Crippen molar-refractivity contribution in [1.82, 2.24) is 10.2 Å². The Labute approximate surface area is 249 Å². The molecule has 0 saturated heterocycles. The number of carbonyl (C=O) groups is 4. The molecule has 1 amide bonds. The van der Waals surface area contributed by atoms with Crippen LogP contribution in [0.1, 0.15) is 48.6 Å². The third-order valence-electron chi connectivity index (χ3n) is 6.66. The molecule has 0 aliphatic carbocycles. The number of rotatable bonds is 13. The SMILES string of the molecule is COC(=O)c1ccc(NCc2ccc(C(=O)N3CC=CC3)cc2)c(CNCC(=O)OCCC(=O)c2ccc(Cl)cc2)c1. The molecule has 3 aromatic rings. The van der Waals surface area contributed by atoms with Crippen molar-refractivity contribution in [3.05, 3.63) is 112 Å². The molecule has 4 rings (SSSR count). The van der Waals surface area contributed by atoms with Gasteiger partial charge in [0, 0.05) is 54.4 Å². The number of amides is 1. The average Bonchev–Trinajstić information content (AvgIpc) is 3.55. The summed E-state index contributed by atoms with van der Waals surface area (Å²) in [6, 6.07) is 19.1. The number of ketones is 1. The molecule has 9 nitrogen and oxygen atoms in total. The Morgan fingerprint density at radius 3 is 2.21 bits per heavy atom. The summed E-state index contributed by atoms with van der Waals surface area (Å²) in [5.41, 5.74) is 4.00. The minimum Gasteiger partial charge on any atom is -0.465 e. The second-order valence-corrected chi connectivity index (χ2v) is 10.0. The van der Waals surface area contributed by atoms with Crippen molar-refractivity contribution >= 4 is 40.9 Å². The van der Waals surface area contributed by atoms with Crippen LogP contribution in [0, 0.1) is 0 Å². The number of ether oxygens (including phenoxy) is 2. The van der Waals surface area contributed by atoms with Gasteiger partial charge in [0.15, 0.2) is 5.78 Å². The van der Waals surface area contributed by atoms with Crippen molar-refractivity contribution in [2.45, 2.75) is 19.5 Å². The Balaban J connectivity index is 1.29. The Morgan fingerprint density at radius 2 is 1.52 bits per heavy atom. The molecule has 1 aliphatic rings. The van der Waals surface area contributed by atoms with E-state index in [9.17, 15) is 19.2 Å². The van der Waals surface area contributed by atoms with Gasteiger partial charge in [0.25, 0.3) is 5.91 Å². The number of halogens is 1. The molecule has 0 aromatic heterocycles. The highest BCUT2D eigenvalue weighted by Gasteiger charge is 2.16. The number of nitrogens with zero attached hydrogens (tertiary/aromatic N) is 1. The zero-order chi connectivity index (χ0) is 29.9. The fourth-order valence-electron chi connectivity index (χ4n) is 4.33. The highest BCUT2D eigenvalue weighted by molar-refractivity contribution is 6.30. The number of esters is 2. The molecule has 0 bridgehead atoms. The molecule has 0 unspecified atom stereocenters. The van der Waals surface area contributed by atoms with E-state index < -0.39 is 11.9 Å². The van der Waals surface area contributed by atoms with Crippen molar-refractivity contribution in [3.63, 3.8) is 0 Å².